The van der Waals surface area contributed by atoms with Crippen LogP contribution in [0.5, 0.6) is 0 Å². The maximum Gasteiger partial charge on any atom is 0.340 e. The zero-order valence-electron chi connectivity index (χ0n) is 11.2. The number of nitrogen functional groups attached to an aromatic ring is 1. The summed E-state index contributed by atoms with van der Waals surface area (Å²) in [5.74, 6) is 0.0622. The first-order valence-electron chi connectivity index (χ1n) is 5.89. The molecule has 0 bridgehead atoms. The number of thioether (sulfide) groups is 1. The third-order valence-corrected chi connectivity index (χ3v) is 3.51. The van der Waals surface area contributed by atoms with Crippen molar-refractivity contribution in [3.05, 3.63) is 42.1 Å². The fourth-order valence-corrected chi connectivity index (χ4v) is 2.26. The number of anilines is 3. The zero-order chi connectivity index (χ0) is 14.5. The van der Waals surface area contributed by atoms with E-state index in [1.165, 1.54) is 13.3 Å². The summed E-state index contributed by atoms with van der Waals surface area (Å²) in [4.78, 5) is 16.9. The van der Waals surface area contributed by atoms with Gasteiger partial charge in [0.1, 0.15) is 5.82 Å². The summed E-state index contributed by atoms with van der Waals surface area (Å²) in [6.45, 7) is 0. The first-order chi connectivity index (χ1) is 9.65. The highest BCUT2D eigenvalue weighted by atomic mass is 32.2. The number of pyridine rings is 1. The highest BCUT2D eigenvalue weighted by molar-refractivity contribution is 7.98. The first kappa shape index (κ1) is 14.2. The van der Waals surface area contributed by atoms with Crippen molar-refractivity contribution in [1.82, 2.24) is 4.98 Å². The molecule has 0 unspecified atom stereocenters. The summed E-state index contributed by atoms with van der Waals surface area (Å²) in [6.07, 6.45) is 3.44. The zero-order valence-corrected chi connectivity index (χ0v) is 12.0. The second-order valence-corrected chi connectivity index (χ2v) is 4.82. The Morgan fingerprint density at radius 3 is 2.85 bits per heavy atom. The van der Waals surface area contributed by atoms with Gasteiger partial charge in [-0.15, -0.1) is 11.8 Å². The van der Waals surface area contributed by atoms with Gasteiger partial charge in [-0.2, -0.15) is 0 Å². The maximum absolute atomic E-state index is 11.6. The van der Waals surface area contributed by atoms with E-state index in [0.717, 1.165) is 10.6 Å². The minimum Gasteiger partial charge on any atom is -0.465 e. The molecule has 0 radical (unpaired) electrons. The Morgan fingerprint density at radius 2 is 2.15 bits per heavy atom. The van der Waals surface area contributed by atoms with Gasteiger partial charge in [-0.25, -0.2) is 9.78 Å². The van der Waals surface area contributed by atoms with E-state index in [2.05, 4.69) is 15.0 Å². The Hall–Kier alpha value is -2.21. The molecule has 0 fully saturated rings. The lowest BCUT2D eigenvalue weighted by Gasteiger charge is -2.11. The molecule has 3 N–H and O–H groups in total. The smallest absolute Gasteiger partial charge is 0.340 e. The van der Waals surface area contributed by atoms with Gasteiger partial charge in [0.15, 0.2) is 0 Å². The molecule has 20 heavy (non-hydrogen) atoms. The molecule has 0 atom stereocenters. The summed E-state index contributed by atoms with van der Waals surface area (Å²) in [6, 6.07) is 9.43. The van der Waals surface area contributed by atoms with Gasteiger partial charge in [0, 0.05) is 4.90 Å². The van der Waals surface area contributed by atoms with Gasteiger partial charge >= 0.3 is 5.97 Å². The molecule has 0 spiro atoms. The van der Waals surface area contributed by atoms with Gasteiger partial charge in [-0.3, -0.25) is 0 Å². The summed E-state index contributed by atoms with van der Waals surface area (Å²) in [5, 5.41) is 3.17. The Morgan fingerprint density at radius 1 is 1.40 bits per heavy atom. The number of rotatable bonds is 4. The van der Waals surface area contributed by atoms with E-state index in [0.29, 0.717) is 17.1 Å². The number of para-hydroxylation sites is 1. The number of hydrogen-bond donors (Lipinski definition) is 2. The molecule has 0 aliphatic heterocycles. The summed E-state index contributed by atoms with van der Waals surface area (Å²) >= 11 is 1.63. The van der Waals surface area contributed by atoms with E-state index in [1.54, 1.807) is 17.8 Å². The van der Waals surface area contributed by atoms with Crippen LogP contribution in [0.1, 0.15) is 10.4 Å². The predicted octanol–water partition coefficient (Wildman–Crippen LogP) is 2.92. The van der Waals surface area contributed by atoms with Crippen molar-refractivity contribution in [3.8, 4) is 0 Å². The third-order valence-electron chi connectivity index (χ3n) is 2.71. The standard InChI is InChI=1S/C14H15N3O2S/c1-19-14(18)9-7-13(16-8-10(9)15)17-11-5-3-4-6-12(11)20-2/h3-8H,15H2,1-2H3,(H,16,17). The number of carbonyl (C=O) groups excluding carboxylic acids is 1. The van der Waals surface area contributed by atoms with Crippen LogP contribution in [0.3, 0.4) is 0 Å². The number of methoxy groups -OCH3 is 1. The van der Waals surface area contributed by atoms with Crippen LogP contribution in [-0.2, 0) is 4.74 Å². The van der Waals surface area contributed by atoms with Crippen molar-refractivity contribution in [3.63, 3.8) is 0 Å². The average molecular weight is 289 g/mol. The Balaban J connectivity index is 2.32. The number of carbonyl (C=O) groups is 1. The average Bonchev–Trinajstić information content (AvgIpc) is 2.49. The molecule has 5 nitrogen and oxygen atoms in total. The largest absolute Gasteiger partial charge is 0.465 e. The lowest BCUT2D eigenvalue weighted by atomic mass is 10.2. The number of hydrogen-bond acceptors (Lipinski definition) is 6. The van der Waals surface area contributed by atoms with E-state index in [4.69, 9.17) is 5.73 Å². The number of benzene rings is 1. The lowest BCUT2D eigenvalue weighted by Crippen LogP contribution is -2.07. The first-order valence-corrected chi connectivity index (χ1v) is 7.12. The van der Waals surface area contributed by atoms with Crippen molar-refractivity contribution < 1.29 is 9.53 Å². The van der Waals surface area contributed by atoms with E-state index < -0.39 is 5.97 Å². The number of ether oxygens (including phenoxy) is 1. The van der Waals surface area contributed by atoms with Gasteiger partial charge in [-0.05, 0) is 24.5 Å². The molecule has 0 saturated carbocycles. The Kier molecular flexibility index (Phi) is 4.47. The van der Waals surface area contributed by atoms with Crippen LogP contribution < -0.4 is 11.1 Å². The number of nitrogens with two attached hydrogens (primary N) is 1. The van der Waals surface area contributed by atoms with E-state index >= 15 is 0 Å². The van der Waals surface area contributed by atoms with Gasteiger partial charge < -0.3 is 15.8 Å². The van der Waals surface area contributed by atoms with Crippen molar-refractivity contribution in [2.75, 3.05) is 24.4 Å². The van der Waals surface area contributed by atoms with Crippen LogP contribution in [-0.4, -0.2) is 24.3 Å². The fourth-order valence-electron chi connectivity index (χ4n) is 1.71. The van der Waals surface area contributed by atoms with E-state index in [1.807, 2.05) is 30.5 Å². The van der Waals surface area contributed by atoms with E-state index in [-0.39, 0.29) is 0 Å². The minimum absolute atomic E-state index is 0.292. The van der Waals surface area contributed by atoms with Crippen molar-refractivity contribution in [2.24, 2.45) is 0 Å². The lowest BCUT2D eigenvalue weighted by molar-refractivity contribution is 0.0602. The molecule has 1 aromatic carbocycles. The van der Waals surface area contributed by atoms with Gasteiger partial charge in [-0.1, -0.05) is 12.1 Å². The minimum atomic E-state index is -0.480. The quantitative estimate of drug-likeness (QED) is 0.665. The molecule has 2 aromatic rings. The number of esters is 1. The SMILES string of the molecule is COC(=O)c1cc(Nc2ccccc2SC)ncc1N. The highest BCUT2D eigenvalue weighted by Crippen LogP contribution is 2.28. The molecule has 104 valence electrons. The predicted molar refractivity (Wildman–Crippen MR) is 81.5 cm³/mol. The Bertz CT molecular complexity index is 632. The fraction of sp³-hybridized carbons (Fsp3) is 0.143. The van der Waals surface area contributed by atoms with Crippen LogP contribution in [0.4, 0.5) is 17.2 Å². The van der Waals surface area contributed by atoms with Crippen LogP contribution in [0, 0.1) is 0 Å². The molecule has 1 aromatic heterocycles. The molecule has 2 rings (SSSR count). The summed E-state index contributed by atoms with van der Waals surface area (Å²) in [7, 11) is 1.32. The van der Waals surface area contributed by atoms with Crippen LogP contribution in [0.15, 0.2) is 41.4 Å². The van der Waals surface area contributed by atoms with E-state index in [9.17, 15) is 4.79 Å². The van der Waals surface area contributed by atoms with Crippen LogP contribution >= 0.6 is 11.8 Å². The molecule has 1 heterocycles. The maximum atomic E-state index is 11.6. The molecular weight excluding hydrogens is 274 g/mol. The van der Waals surface area contributed by atoms with Gasteiger partial charge in [0.2, 0.25) is 0 Å². The highest BCUT2D eigenvalue weighted by Gasteiger charge is 2.12. The molecule has 0 saturated heterocycles. The van der Waals surface area contributed by atoms with Crippen LogP contribution in [0.2, 0.25) is 0 Å². The van der Waals surface area contributed by atoms with Crippen molar-refractivity contribution >= 4 is 34.9 Å². The second-order valence-electron chi connectivity index (χ2n) is 3.97. The molecule has 0 aliphatic carbocycles. The van der Waals surface area contributed by atoms with Gasteiger partial charge in [0.05, 0.1) is 30.2 Å². The molecule has 0 amide bonds. The summed E-state index contributed by atoms with van der Waals surface area (Å²) in [5.41, 5.74) is 7.23. The van der Waals surface area contributed by atoms with Crippen molar-refractivity contribution in [2.45, 2.75) is 4.90 Å². The monoisotopic (exact) mass is 289 g/mol. The molecular formula is C14H15N3O2S. The van der Waals surface area contributed by atoms with Crippen LogP contribution in [0.25, 0.3) is 0 Å². The Labute approximate surface area is 121 Å². The summed E-state index contributed by atoms with van der Waals surface area (Å²) < 4.78 is 4.69. The number of aromatic nitrogens is 1. The van der Waals surface area contributed by atoms with Crippen molar-refractivity contribution in [1.29, 1.82) is 0 Å². The number of nitrogens with one attached hydrogen (secondary N) is 1. The number of nitrogens with zero attached hydrogens (tertiary/aromatic N) is 1. The second kappa shape index (κ2) is 6.29. The topological polar surface area (TPSA) is 77.2 Å². The normalized spacial score (nSPS) is 10.1. The third kappa shape index (κ3) is 3.03. The molecule has 6 heteroatoms. The van der Waals surface area contributed by atoms with Gasteiger partial charge in [0.25, 0.3) is 0 Å². The molecule has 0 aliphatic rings.